The minimum atomic E-state index is -2.92. The van der Waals surface area contributed by atoms with Crippen molar-refractivity contribution >= 4 is 8.56 Å². The lowest BCUT2D eigenvalue weighted by Crippen LogP contribution is -2.57. The first kappa shape index (κ1) is 15.3. The molecule has 0 atom stereocenters. The minimum absolute atomic E-state index is 0.243. The van der Waals surface area contributed by atoms with E-state index in [0.717, 1.165) is 11.3 Å². The monoisotopic (exact) mass is 266 g/mol. The number of aryl methyl sites for hydroxylation is 1. The molecule has 102 valence electrons. The minimum Gasteiger partial charge on any atom is -0.519 e. The van der Waals surface area contributed by atoms with Gasteiger partial charge in [0.2, 0.25) is 0 Å². The summed E-state index contributed by atoms with van der Waals surface area (Å²) >= 11 is 0. The highest BCUT2D eigenvalue weighted by atomic mass is 28.4. The highest BCUT2D eigenvalue weighted by Crippen LogP contribution is 2.49. The van der Waals surface area contributed by atoms with Gasteiger partial charge in [-0.1, -0.05) is 59.7 Å². The van der Waals surface area contributed by atoms with E-state index in [2.05, 4.69) is 41.5 Å². The van der Waals surface area contributed by atoms with E-state index in [1.165, 1.54) is 0 Å². The zero-order valence-corrected chi connectivity index (χ0v) is 13.7. The van der Waals surface area contributed by atoms with E-state index in [9.17, 15) is 4.80 Å². The largest absolute Gasteiger partial charge is 0.519 e. The van der Waals surface area contributed by atoms with Gasteiger partial charge in [0.1, 0.15) is 5.75 Å². The van der Waals surface area contributed by atoms with Crippen molar-refractivity contribution in [2.45, 2.75) is 58.5 Å². The fourth-order valence-corrected chi connectivity index (χ4v) is 5.67. The first-order valence-electron chi connectivity index (χ1n) is 6.46. The predicted molar refractivity (Wildman–Crippen MR) is 79.2 cm³/mol. The lowest BCUT2D eigenvalue weighted by molar-refractivity contribution is 0.283. The van der Waals surface area contributed by atoms with Crippen molar-refractivity contribution < 1.29 is 9.22 Å². The van der Waals surface area contributed by atoms with E-state index in [1.807, 2.05) is 31.2 Å². The smallest absolute Gasteiger partial charge is 0.407 e. The van der Waals surface area contributed by atoms with Crippen LogP contribution < -0.4 is 4.43 Å². The molecule has 0 fully saturated rings. The molecule has 0 spiro atoms. The van der Waals surface area contributed by atoms with Gasteiger partial charge in [0.15, 0.2) is 0 Å². The molecule has 1 N–H and O–H groups in total. The molecule has 0 radical (unpaired) electrons. The Hall–Kier alpha value is -0.803. The van der Waals surface area contributed by atoms with Crippen molar-refractivity contribution in [3.8, 4) is 5.75 Å². The van der Waals surface area contributed by atoms with Gasteiger partial charge in [-0.3, -0.25) is 0 Å². The van der Waals surface area contributed by atoms with Crippen LogP contribution in [0.5, 0.6) is 5.75 Å². The molecule has 0 aliphatic heterocycles. The summed E-state index contributed by atoms with van der Waals surface area (Å²) in [7, 11) is -2.92. The van der Waals surface area contributed by atoms with Gasteiger partial charge >= 0.3 is 8.56 Å². The summed E-state index contributed by atoms with van der Waals surface area (Å²) < 4.78 is 6.16. The molecule has 1 rings (SSSR count). The van der Waals surface area contributed by atoms with Crippen LogP contribution >= 0.6 is 0 Å². The molecule has 18 heavy (non-hydrogen) atoms. The van der Waals surface area contributed by atoms with Gasteiger partial charge in [-0.2, -0.15) is 0 Å². The fourth-order valence-electron chi connectivity index (χ4n) is 2.26. The molecule has 0 aliphatic rings. The predicted octanol–water partition coefficient (Wildman–Crippen LogP) is 4.41. The Morgan fingerprint density at radius 3 is 1.78 bits per heavy atom. The molecule has 3 heteroatoms. The molecule has 0 aromatic heterocycles. The average molecular weight is 266 g/mol. The van der Waals surface area contributed by atoms with Crippen molar-refractivity contribution in [1.82, 2.24) is 0 Å². The van der Waals surface area contributed by atoms with Crippen molar-refractivity contribution in [2.24, 2.45) is 0 Å². The Labute approximate surface area is 112 Å². The second-order valence-electron chi connectivity index (χ2n) is 7.01. The van der Waals surface area contributed by atoms with Crippen LogP contribution in [-0.4, -0.2) is 13.4 Å². The number of hydrogen-bond donors (Lipinski definition) is 1. The molecule has 0 saturated carbocycles. The Morgan fingerprint density at radius 2 is 1.39 bits per heavy atom. The van der Waals surface area contributed by atoms with Crippen molar-refractivity contribution in [3.63, 3.8) is 0 Å². The maximum atomic E-state index is 11.2. The lowest BCUT2D eigenvalue weighted by atomic mass is 10.2. The van der Waals surface area contributed by atoms with Gasteiger partial charge < -0.3 is 9.22 Å². The number of para-hydroxylation sites is 1. The number of rotatable bonds is 2. The summed E-state index contributed by atoms with van der Waals surface area (Å²) in [5, 5.41) is -0.485. The molecular formula is C15H26O2Si. The Balaban J connectivity index is 3.21. The first-order valence-corrected chi connectivity index (χ1v) is 8.31. The number of benzene rings is 1. The van der Waals surface area contributed by atoms with Crippen LogP contribution in [-0.2, 0) is 0 Å². The topological polar surface area (TPSA) is 29.5 Å². The van der Waals surface area contributed by atoms with Crippen LogP contribution in [0.2, 0.25) is 10.1 Å². The van der Waals surface area contributed by atoms with E-state index in [1.54, 1.807) is 0 Å². The molecular weight excluding hydrogens is 240 g/mol. The molecule has 0 unspecified atom stereocenters. The van der Waals surface area contributed by atoms with Gasteiger partial charge in [0, 0.05) is 10.1 Å². The van der Waals surface area contributed by atoms with E-state index < -0.39 is 8.56 Å². The molecule has 1 aromatic rings. The zero-order chi connectivity index (χ0) is 14.2. The summed E-state index contributed by atoms with van der Waals surface area (Å²) in [5.41, 5.74) is 1.07. The van der Waals surface area contributed by atoms with Crippen molar-refractivity contribution in [1.29, 1.82) is 0 Å². The molecule has 1 aromatic carbocycles. The average Bonchev–Trinajstić information content (AvgIpc) is 2.18. The van der Waals surface area contributed by atoms with E-state index >= 15 is 0 Å². The van der Waals surface area contributed by atoms with Crippen molar-refractivity contribution in [2.75, 3.05) is 0 Å². The fraction of sp³-hybridized carbons (Fsp3) is 0.600. The third-order valence-corrected chi connectivity index (χ3v) is 7.97. The maximum absolute atomic E-state index is 11.2. The van der Waals surface area contributed by atoms with Gasteiger partial charge in [-0.25, -0.2) is 0 Å². The second kappa shape index (κ2) is 4.70. The highest BCUT2D eigenvalue weighted by Gasteiger charge is 2.57. The van der Waals surface area contributed by atoms with E-state index in [0.29, 0.717) is 0 Å². The number of hydrogen-bond acceptors (Lipinski definition) is 2. The Kier molecular flexibility index (Phi) is 3.99. The lowest BCUT2D eigenvalue weighted by Gasteiger charge is -2.45. The SMILES string of the molecule is Cc1ccccc1O[Si](O)(C(C)(C)C)C(C)(C)C. The summed E-state index contributed by atoms with van der Waals surface area (Å²) in [4.78, 5) is 11.2. The summed E-state index contributed by atoms with van der Waals surface area (Å²) in [6.07, 6.45) is 0. The van der Waals surface area contributed by atoms with Crippen molar-refractivity contribution in [3.05, 3.63) is 29.8 Å². The molecule has 0 heterocycles. The van der Waals surface area contributed by atoms with Gasteiger partial charge in [0.05, 0.1) is 0 Å². The Morgan fingerprint density at radius 1 is 0.944 bits per heavy atom. The third kappa shape index (κ3) is 2.78. The van der Waals surface area contributed by atoms with Crippen LogP contribution in [0, 0.1) is 6.92 Å². The summed E-state index contributed by atoms with van der Waals surface area (Å²) in [6, 6.07) is 7.87. The summed E-state index contributed by atoms with van der Waals surface area (Å²) in [5.74, 6) is 0.802. The van der Waals surface area contributed by atoms with E-state index in [-0.39, 0.29) is 10.1 Å². The van der Waals surface area contributed by atoms with E-state index in [4.69, 9.17) is 4.43 Å². The van der Waals surface area contributed by atoms with Gasteiger partial charge in [-0.05, 0) is 18.6 Å². The van der Waals surface area contributed by atoms with Crippen LogP contribution in [0.4, 0.5) is 0 Å². The molecule has 0 amide bonds. The van der Waals surface area contributed by atoms with Crippen LogP contribution in [0.15, 0.2) is 24.3 Å². The third-order valence-electron chi connectivity index (χ3n) is 3.38. The molecule has 0 bridgehead atoms. The molecule has 0 saturated heterocycles. The highest BCUT2D eigenvalue weighted by molar-refractivity contribution is 6.72. The normalized spacial score (nSPS) is 13.6. The maximum Gasteiger partial charge on any atom is 0.407 e. The molecule has 2 nitrogen and oxygen atoms in total. The standard InChI is InChI=1S/C15H26O2Si/c1-12-10-8-9-11-13(12)17-18(16,14(2,3)4)15(5,6)7/h8-11,16H,1-7H3. The quantitative estimate of drug-likeness (QED) is 0.804. The van der Waals surface area contributed by atoms with Gasteiger partial charge in [0.25, 0.3) is 0 Å². The zero-order valence-electron chi connectivity index (χ0n) is 12.7. The second-order valence-corrected chi connectivity index (χ2v) is 11.5. The first-order chi connectivity index (χ1) is 7.99. The molecule has 0 aliphatic carbocycles. The van der Waals surface area contributed by atoms with Crippen LogP contribution in [0.1, 0.15) is 47.1 Å². The summed E-state index contributed by atoms with van der Waals surface area (Å²) in [6.45, 7) is 14.4. The van der Waals surface area contributed by atoms with Gasteiger partial charge in [-0.15, -0.1) is 0 Å². The Bertz CT molecular complexity index is 399. The van der Waals surface area contributed by atoms with Crippen LogP contribution in [0.25, 0.3) is 0 Å². The van der Waals surface area contributed by atoms with Crippen LogP contribution in [0.3, 0.4) is 0 Å².